The van der Waals surface area contributed by atoms with Crippen LogP contribution in [0.5, 0.6) is 11.5 Å². The molecule has 0 aliphatic heterocycles. The van der Waals surface area contributed by atoms with E-state index in [-0.39, 0.29) is 17.4 Å². The molecule has 8 nitrogen and oxygen atoms in total. The summed E-state index contributed by atoms with van der Waals surface area (Å²) < 4.78 is 0. The van der Waals surface area contributed by atoms with Gasteiger partial charge in [0.05, 0.1) is 6.33 Å². The van der Waals surface area contributed by atoms with Crippen LogP contribution in [-0.2, 0) is 6.54 Å². The largest absolute Gasteiger partial charge is 0.504 e. The first-order chi connectivity index (χ1) is 9.63. The number of phenols is 2. The number of H-pyrrole nitrogens is 1. The van der Waals surface area contributed by atoms with Crippen molar-refractivity contribution < 1.29 is 10.2 Å². The van der Waals surface area contributed by atoms with Crippen LogP contribution in [0.4, 0.5) is 11.8 Å². The van der Waals surface area contributed by atoms with Gasteiger partial charge in [-0.1, -0.05) is 6.07 Å². The molecule has 0 atom stereocenters. The predicted octanol–water partition coefficient (Wildman–Crippen LogP) is 0.958. The summed E-state index contributed by atoms with van der Waals surface area (Å²) in [7, 11) is 0. The van der Waals surface area contributed by atoms with E-state index in [1.54, 1.807) is 6.07 Å². The maximum atomic E-state index is 9.44. The minimum absolute atomic E-state index is 0.126. The molecule has 0 aliphatic carbocycles. The van der Waals surface area contributed by atoms with Crippen molar-refractivity contribution in [1.82, 2.24) is 19.9 Å². The molecule has 0 radical (unpaired) electrons. The molecule has 6 N–H and O–H groups in total. The molecule has 0 bridgehead atoms. The molecule has 0 unspecified atom stereocenters. The molecular weight excluding hydrogens is 260 g/mol. The van der Waals surface area contributed by atoms with Gasteiger partial charge in [-0.3, -0.25) is 0 Å². The van der Waals surface area contributed by atoms with Gasteiger partial charge in [0.2, 0.25) is 5.95 Å². The van der Waals surface area contributed by atoms with Crippen molar-refractivity contribution in [2.75, 3.05) is 11.1 Å². The van der Waals surface area contributed by atoms with Crippen molar-refractivity contribution in [3.63, 3.8) is 0 Å². The van der Waals surface area contributed by atoms with E-state index in [2.05, 4.69) is 25.3 Å². The lowest BCUT2D eigenvalue weighted by Gasteiger charge is -2.08. The number of aromatic amines is 1. The van der Waals surface area contributed by atoms with Gasteiger partial charge in [-0.05, 0) is 17.7 Å². The van der Waals surface area contributed by atoms with Crippen molar-refractivity contribution in [1.29, 1.82) is 0 Å². The molecular formula is C12H12N6O2. The van der Waals surface area contributed by atoms with Crippen LogP contribution < -0.4 is 11.1 Å². The van der Waals surface area contributed by atoms with E-state index < -0.39 is 0 Å². The molecule has 0 saturated carbocycles. The SMILES string of the molecule is Nc1nc(NCc2ccc(O)c(O)c2)c2[nH]cnc2n1. The van der Waals surface area contributed by atoms with Crippen LogP contribution in [0.1, 0.15) is 5.56 Å². The number of benzene rings is 1. The van der Waals surface area contributed by atoms with Crippen molar-refractivity contribution in [2.24, 2.45) is 0 Å². The first-order valence-corrected chi connectivity index (χ1v) is 5.85. The van der Waals surface area contributed by atoms with Gasteiger partial charge in [-0.25, -0.2) is 4.98 Å². The molecule has 0 aliphatic rings. The zero-order chi connectivity index (χ0) is 14.1. The Morgan fingerprint density at radius 2 is 2.05 bits per heavy atom. The van der Waals surface area contributed by atoms with Crippen molar-refractivity contribution in [3.05, 3.63) is 30.1 Å². The highest BCUT2D eigenvalue weighted by Gasteiger charge is 2.08. The molecule has 0 fully saturated rings. The van der Waals surface area contributed by atoms with Gasteiger partial charge in [-0.15, -0.1) is 0 Å². The van der Waals surface area contributed by atoms with Crippen LogP contribution in [0.25, 0.3) is 11.2 Å². The maximum Gasteiger partial charge on any atom is 0.224 e. The summed E-state index contributed by atoms with van der Waals surface area (Å²) in [6.07, 6.45) is 1.51. The normalized spacial score (nSPS) is 10.8. The predicted molar refractivity (Wildman–Crippen MR) is 73.2 cm³/mol. The van der Waals surface area contributed by atoms with Crippen LogP contribution in [-0.4, -0.2) is 30.1 Å². The van der Waals surface area contributed by atoms with E-state index in [1.807, 2.05) is 0 Å². The van der Waals surface area contributed by atoms with Crippen LogP contribution >= 0.6 is 0 Å². The number of nitrogens with two attached hydrogens (primary N) is 1. The Kier molecular flexibility index (Phi) is 2.75. The van der Waals surface area contributed by atoms with Gasteiger partial charge in [0.15, 0.2) is 23.0 Å². The van der Waals surface area contributed by atoms with Gasteiger partial charge in [0.25, 0.3) is 0 Å². The number of nitrogens with one attached hydrogen (secondary N) is 2. The van der Waals surface area contributed by atoms with Gasteiger partial charge < -0.3 is 26.2 Å². The number of anilines is 2. The third kappa shape index (κ3) is 2.14. The number of aromatic hydroxyl groups is 2. The molecule has 0 amide bonds. The van der Waals surface area contributed by atoms with Crippen molar-refractivity contribution >= 4 is 22.9 Å². The fraction of sp³-hybridized carbons (Fsp3) is 0.0833. The lowest BCUT2D eigenvalue weighted by molar-refractivity contribution is 0.403. The molecule has 3 rings (SSSR count). The van der Waals surface area contributed by atoms with E-state index >= 15 is 0 Å². The Bertz CT molecular complexity index is 770. The van der Waals surface area contributed by atoms with E-state index in [0.29, 0.717) is 23.5 Å². The molecule has 0 spiro atoms. The molecule has 0 saturated heterocycles. The standard InChI is InChI=1S/C12H12N6O2/c13-12-17-10(9-11(18-12)16-5-15-9)14-4-6-1-2-7(19)8(20)3-6/h1-3,5,19-20H,4H2,(H4,13,14,15,16,17,18). The summed E-state index contributed by atoms with van der Waals surface area (Å²) in [6, 6.07) is 4.58. The lowest BCUT2D eigenvalue weighted by atomic mass is 10.2. The average Bonchev–Trinajstić information content (AvgIpc) is 2.88. The highest BCUT2D eigenvalue weighted by Crippen LogP contribution is 2.25. The van der Waals surface area contributed by atoms with E-state index in [1.165, 1.54) is 18.5 Å². The summed E-state index contributed by atoms with van der Waals surface area (Å²) in [5.74, 6) is 0.326. The van der Waals surface area contributed by atoms with Gasteiger partial charge >= 0.3 is 0 Å². The van der Waals surface area contributed by atoms with Crippen LogP contribution in [0, 0.1) is 0 Å². The zero-order valence-electron chi connectivity index (χ0n) is 10.3. The summed E-state index contributed by atoms with van der Waals surface area (Å²) in [4.78, 5) is 15.0. The Morgan fingerprint density at radius 3 is 2.85 bits per heavy atom. The number of nitrogen functional groups attached to an aromatic ring is 1. The molecule has 2 aromatic heterocycles. The summed E-state index contributed by atoms with van der Waals surface area (Å²) in [6.45, 7) is 0.401. The molecule has 8 heteroatoms. The van der Waals surface area contributed by atoms with Crippen LogP contribution in [0.3, 0.4) is 0 Å². The number of phenolic OH excluding ortho intramolecular Hbond substituents is 2. The topological polar surface area (TPSA) is 133 Å². The number of rotatable bonds is 3. The first-order valence-electron chi connectivity index (χ1n) is 5.85. The highest BCUT2D eigenvalue weighted by atomic mass is 16.3. The monoisotopic (exact) mass is 272 g/mol. The maximum absolute atomic E-state index is 9.44. The molecule has 2 heterocycles. The molecule has 102 valence electrons. The molecule has 20 heavy (non-hydrogen) atoms. The number of aromatic nitrogens is 4. The number of hydrogen-bond acceptors (Lipinski definition) is 7. The summed E-state index contributed by atoms with van der Waals surface area (Å²) in [5, 5.41) is 21.8. The minimum atomic E-state index is -0.168. The highest BCUT2D eigenvalue weighted by molar-refractivity contribution is 5.83. The molecule has 3 aromatic rings. The Hall–Kier alpha value is -3.03. The number of nitrogens with zero attached hydrogens (tertiary/aromatic N) is 3. The lowest BCUT2D eigenvalue weighted by Crippen LogP contribution is -2.05. The minimum Gasteiger partial charge on any atom is -0.504 e. The van der Waals surface area contributed by atoms with Crippen LogP contribution in [0.2, 0.25) is 0 Å². The number of fused-ring (bicyclic) bond motifs is 1. The van der Waals surface area contributed by atoms with E-state index in [4.69, 9.17) is 5.73 Å². The summed E-state index contributed by atoms with van der Waals surface area (Å²) >= 11 is 0. The number of imidazole rings is 1. The van der Waals surface area contributed by atoms with Crippen molar-refractivity contribution in [3.8, 4) is 11.5 Å². The Balaban J connectivity index is 1.86. The van der Waals surface area contributed by atoms with E-state index in [0.717, 1.165) is 5.56 Å². The second-order valence-corrected chi connectivity index (χ2v) is 4.21. The van der Waals surface area contributed by atoms with Crippen LogP contribution in [0.15, 0.2) is 24.5 Å². The quantitative estimate of drug-likeness (QED) is 0.448. The molecule has 1 aromatic carbocycles. The third-order valence-corrected chi connectivity index (χ3v) is 2.80. The smallest absolute Gasteiger partial charge is 0.224 e. The third-order valence-electron chi connectivity index (χ3n) is 2.80. The number of hydrogen-bond donors (Lipinski definition) is 5. The fourth-order valence-electron chi connectivity index (χ4n) is 1.84. The average molecular weight is 272 g/mol. The Labute approximate surface area is 113 Å². The van der Waals surface area contributed by atoms with E-state index in [9.17, 15) is 10.2 Å². The van der Waals surface area contributed by atoms with Gasteiger partial charge in [0.1, 0.15) is 5.52 Å². The fourth-order valence-corrected chi connectivity index (χ4v) is 1.84. The van der Waals surface area contributed by atoms with Gasteiger partial charge in [-0.2, -0.15) is 9.97 Å². The zero-order valence-corrected chi connectivity index (χ0v) is 10.3. The summed E-state index contributed by atoms with van der Waals surface area (Å²) in [5.41, 5.74) is 7.53. The second-order valence-electron chi connectivity index (χ2n) is 4.21. The second kappa shape index (κ2) is 4.57. The first kappa shape index (κ1) is 12.0. The van der Waals surface area contributed by atoms with Gasteiger partial charge in [0, 0.05) is 6.54 Å². The van der Waals surface area contributed by atoms with Crippen molar-refractivity contribution in [2.45, 2.75) is 6.54 Å². The Morgan fingerprint density at radius 1 is 1.20 bits per heavy atom.